The third-order valence-electron chi connectivity index (χ3n) is 2.23. The molecule has 16 heavy (non-hydrogen) atoms. The number of aromatic nitrogens is 1. The van der Waals surface area contributed by atoms with Gasteiger partial charge in [0, 0.05) is 22.3 Å². The molecule has 1 aromatic heterocycles. The van der Waals surface area contributed by atoms with Crippen molar-refractivity contribution in [2.75, 3.05) is 0 Å². The molecule has 4 heteroatoms. The van der Waals surface area contributed by atoms with Gasteiger partial charge in [-0.25, -0.2) is 0 Å². The van der Waals surface area contributed by atoms with E-state index >= 15 is 0 Å². The molecule has 0 aliphatic rings. The molecule has 0 atom stereocenters. The van der Waals surface area contributed by atoms with Crippen molar-refractivity contribution in [3.63, 3.8) is 0 Å². The summed E-state index contributed by atoms with van der Waals surface area (Å²) in [5.41, 5.74) is 7.52. The molecule has 0 radical (unpaired) electrons. The molecular formula is C12H10ClN3. The van der Waals surface area contributed by atoms with E-state index in [9.17, 15) is 0 Å². The molecule has 0 aliphatic heterocycles. The van der Waals surface area contributed by atoms with Crippen LogP contribution in [0.1, 0.15) is 5.56 Å². The van der Waals surface area contributed by atoms with Gasteiger partial charge in [-0.05, 0) is 18.2 Å². The minimum absolute atomic E-state index is 0.0111. The van der Waals surface area contributed by atoms with Gasteiger partial charge in [0.05, 0.1) is 5.69 Å². The molecule has 80 valence electrons. The average Bonchev–Trinajstić information content (AvgIpc) is 2.29. The molecular weight excluding hydrogens is 222 g/mol. The van der Waals surface area contributed by atoms with Gasteiger partial charge < -0.3 is 5.73 Å². The fourth-order valence-electron chi connectivity index (χ4n) is 1.49. The van der Waals surface area contributed by atoms with E-state index in [0.717, 1.165) is 5.56 Å². The summed E-state index contributed by atoms with van der Waals surface area (Å²) in [6, 6.07) is 10.9. The van der Waals surface area contributed by atoms with Gasteiger partial charge in [0.1, 0.15) is 5.84 Å². The van der Waals surface area contributed by atoms with Gasteiger partial charge in [-0.1, -0.05) is 29.8 Å². The molecule has 1 heterocycles. The number of hydrogen-bond donors (Lipinski definition) is 2. The molecule has 0 amide bonds. The second kappa shape index (κ2) is 4.33. The third-order valence-corrected chi connectivity index (χ3v) is 2.56. The molecule has 0 saturated carbocycles. The van der Waals surface area contributed by atoms with Crippen LogP contribution in [-0.2, 0) is 0 Å². The van der Waals surface area contributed by atoms with Crippen molar-refractivity contribution >= 4 is 17.4 Å². The third kappa shape index (κ3) is 1.90. The normalized spacial score (nSPS) is 10.1. The van der Waals surface area contributed by atoms with Crippen LogP contribution in [0.25, 0.3) is 11.3 Å². The van der Waals surface area contributed by atoms with Gasteiger partial charge in [-0.15, -0.1) is 0 Å². The number of nitrogens with one attached hydrogen (secondary N) is 1. The fraction of sp³-hybridized carbons (Fsp3) is 0. The smallest absolute Gasteiger partial charge is 0.125 e. The lowest BCUT2D eigenvalue weighted by Crippen LogP contribution is -2.13. The zero-order valence-corrected chi connectivity index (χ0v) is 9.20. The molecule has 0 bridgehead atoms. The highest BCUT2D eigenvalue weighted by molar-refractivity contribution is 6.33. The quantitative estimate of drug-likeness (QED) is 0.617. The summed E-state index contributed by atoms with van der Waals surface area (Å²) in [5.74, 6) is -0.0111. The average molecular weight is 232 g/mol. The first-order valence-electron chi connectivity index (χ1n) is 4.74. The SMILES string of the molecule is N=C(N)c1cccnc1-c1ccccc1Cl. The number of amidine groups is 1. The number of rotatable bonds is 2. The van der Waals surface area contributed by atoms with Gasteiger partial charge in [0.25, 0.3) is 0 Å². The number of nitrogen functional groups attached to an aromatic ring is 1. The number of benzene rings is 1. The minimum atomic E-state index is -0.0111. The predicted molar refractivity (Wildman–Crippen MR) is 65.7 cm³/mol. The van der Waals surface area contributed by atoms with Crippen LogP contribution in [0.4, 0.5) is 0 Å². The zero-order valence-electron chi connectivity index (χ0n) is 8.44. The van der Waals surface area contributed by atoms with Gasteiger partial charge >= 0.3 is 0 Å². The summed E-state index contributed by atoms with van der Waals surface area (Å²) in [6.07, 6.45) is 1.66. The summed E-state index contributed by atoms with van der Waals surface area (Å²) in [6.45, 7) is 0. The Bertz CT molecular complexity index is 537. The lowest BCUT2D eigenvalue weighted by atomic mass is 10.1. The summed E-state index contributed by atoms with van der Waals surface area (Å²) >= 11 is 6.08. The maximum Gasteiger partial charge on any atom is 0.125 e. The van der Waals surface area contributed by atoms with Crippen LogP contribution in [0.15, 0.2) is 42.6 Å². The van der Waals surface area contributed by atoms with Crippen LogP contribution >= 0.6 is 11.6 Å². The lowest BCUT2D eigenvalue weighted by molar-refractivity contribution is 1.29. The largest absolute Gasteiger partial charge is 0.384 e. The van der Waals surface area contributed by atoms with E-state index in [4.69, 9.17) is 22.7 Å². The van der Waals surface area contributed by atoms with Crippen LogP contribution in [0, 0.1) is 5.41 Å². The van der Waals surface area contributed by atoms with Crippen molar-refractivity contribution in [1.82, 2.24) is 4.98 Å². The Kier molecular flexibility index (Phi) is 2.88. The van der Waals surface area contributed by atoms with Crippen LogP contribution in [0.3, 0.4) is 0 Å². The Morgan fingerprint density at radius 2 is 1.94 bits per heavy atom. The highest BCUT2D eigenvalue weighted by Crippen LogP contribution is 2.27. The van der Waals surface area contributed by atoms with Gasteiger partial charge in [-0.3, -0.25) is 10.4 Å². The van der Waals surface area contributed by atoms with Crippen molar-refractivity contribution in [2.24, 2.45) is 5.73 Å². The highest BCUT2D eigenvalue weighted by Gasteiger charge is 2.10. The first-order valence-corrected chi connectivity index (χ1v) is 5.12. The van der Waals surface area contributed by atoms with Crippen LogP contribution in [-0.4, -0.2) is 10.8 Å². The number of pyridine rings is 1. The molecule has 0 unspecified atom stereocenters. The molecule has 2 rings (SSSR count). The standard InChI is InChI=1S/C12H10ClN3/c13-10-6-2-1-4-8(10)11-9(12(14)15)5-3-7-16-11/h1-7H,(H3,14,15). The molecule has 0 aliphatic carbocycles. The van der Waals surface area contributed by atoms with Crippen molar-refractivity contribution in [3.8, 4) is 11.3 Å². The van der Waals surface area contributed by atoms with E-state index in [1.54, 1.807) is 24.4 Å². The molecule has 2 aromatic rings. The Morgan fingerprint density at radius 3 is 2.62 bits per heavy atom. The van der Waals surface area contributed by atoms with E-state index in [1.807, 2.05) is 18.2 Å². The maximum atomic E-state index is 7.49. The summed E-state index contributed by atoms with van der Waals surface area (Å²) < 4.78 is 0. The van der Waals surface area contributed by atoms with E-state index in [0.29, 0.717) is 16.3 Å². The number of nitrogens with zero attached hydrogens (tertiary/aromatic N) is 1. The van der Waals surface area contributed by atoms with Gasteiger partial charge in [0.15, 0.2) is 0 Å². The Morgan fingerprint density at radius 1 is 1.19 bits per heavy atom. The molecule has 1 aromatic carbocycles. The van der Waals surface area contributed by atoms with Crippen molar-refractivity contribution in [3.05, 3.63) is 53.2 Å². The van der Waals surface area contributed by atoms with E-state index in [2.05, 4.69) is 4.98 Å². The van der Waals surface area contributed by atoms with E-state index in [-0.39, 0.29) is 5.84 Å². The first kappa shape index (κ1) is 10.6. The van der Waals surface area contributed by atoms with Crippen LogP contribution in [0.2, 0.25) is 5.02 Å². The number of halogens is 1. The lowest BCUT2D eigenvalue weighted by Gasteiger charge is -2.08. The van der Waals surface area contributed by atoms with E-state index < -0.39 is 0 Å². The second-order valence-electron chi connectivity index (χ2n) is 3.29. The first-order chi connectivity index (χ1) is 7.70. The highest BCUT2D eigenvalue weighted by atomic mass is 35.5. The summed E-state index contributed by atoms with van der Waals surface area (Å²) in [4.78, 5) is 4.23. The van der Waals surface area contributed by atoms with Crippen molar-refractivity contribution in [1.29, 1.82) is 5.41 Å². The number of nitrogens with two attached hydrogens (primary N) is 1. The molecule has 3 N–H and O–H groups in total. The predicted octanol–water partition coefficient (Wildman–Crippen LogP) is 2.69. The molecule has 0 spiro atoms. The minimum Gasteiger partial charge on any atom is -0.384 e. The van der Waals surface area contributed by atoms with Crippen LogP contribution in [0.5, 0.6) is 0 Å². The Hall–Kier alpha value is -1.87. The molecule has 0 fully saturated rings. The van der Waals surface area contributed by atoms with E-state index in [1.165, 1.54) is 0 Å². The number of hydrogen-bond acceptors (Lipinski definition) is 2. The zero-order chi connectivity index (χ0) is 11.5. The molecule has 0 saturated heterocycles. The monoisotopic (exact) mass is 231 g/mol. The molecule has 3 nitrogen and oxygen atoms in total. The van der Waals surface area contributed by atoms with Gasteiger partial charge in [0.2, 0.25) is 0 Å². The van der Waals surface area contributed by atoms with Crippen molar-refractivity contribution in [2.45, 2.75) is 0 Å². The van der Waals surface area contributed by atoms with Gasteiger partial charge in [-0.2, -0.15) is 0 Å². The fourth-order valence-corrected chi connectivity index (χ4v) is 1.72. The topological polar surface area (TPSA) is 62.8 Å². The summed E-state index contributed by atoms with van der Waals surface area (Å²) in [5, 5.41) is 8.09. The maximum absolute atomic E-state index is 7.49. The summed E-state index contributed by atoms with van der Waals surface area (Å²) in [7, 11) is 0. The van der Waals surface area contributed by atoms with Crippen LogP contribution < -0.4 is 5.73 Å². The Labute approximate surface area is 98.4 Å². The Balaban J connectivity index is 2.65. The second-order valence-corrected chi connectivity index (χ2v) is 3.70. The van der Waals surface area contributed by atoms with Crippen molar-refractivity contribution < 1.29 is 0 Å².